The first kappa shape index (κ1) is 13.5. The lowest BCUT2D eigenvalue weighted by Crippen LogP contribution is -2.34. The van der Waals surface area contributed by atoms with Gasteiger partial charge in [0.05, 0.1) is 17.3 Å². The van der Waals surface area contributed by atoms with E-state index in [2.05, 4.69) is 21.2 Å². The minimum Gasteiger partial charge on any atom is -0.325 e. The summed E-state index contributed by atoms with van der Waals surface area (Å²) in [7, 11) is 0. The summed E-state index contributed by atoms with van der Waals surface area (Å²) in [4.78, 5) is 13.5. The molecule has 0 aliphatic rings. The van der Waals surface area contributed by atoms with Gasteiger partial charge < -0.3 is 10.2 Å². The summed E-state index contributed by atoms with van der Waals surface area (Å²) in [6.45, 7) is 5.18. The van der Waals surface area contributed by atoms with Crippen LogP contribution in [-0.4, -0.2) is 24.0 Å². The van der Waals surface area contributed by atoms with Crippen molar-refractivity contribution in [2.45, 2.75) is 13.8 Å². The van der Waals surface area contributed by atoms with E-state index in [9.17, 15) is 4.79 Å². The molecular weight excluding hydrogens is 282 g/mol. The number of nitrogens with one attached hydrogen (secondary N) is 1. The number of nitrogens with zero attached hydrogens (tertiary/aromatic N) is 2. The minimum absolute atomic E-state index is 0.139. The van der Waals surface area contributed by atoms with Gasteiger partial charge in [-0.05, 0) is 48.0 Å². The molecule has 1 rings (SSSR count). The number of anilines is 1. The number of nitriles is 1. The minimum atomic E-state index is -0.139. The Bertz CT molecular complexity index is 450. The van der Waals surface area contributed by atoms with Gasteiger partial charge in [0.1, 0.15) is 0 Å². The molecule has 17 heavy (non-hydrogen) atoms. The van der Waals surface area contributed by atoms with E-state index in [1.807, 2.05) is 19.9 Å². The van der Waals surface area contributed by atoms with Crippen molar-refractivity contribution in [3.8, 4) is 6.07 Å². The summed E-state index contributed by atoms with van der Waals surface area (Å²) in [6.07, 6.45) is 0. The maximum atomic E-state index is 11.8. The summed E-state index contributed by atoms with van der Waals surface area (Å²) in [5, 5.41) is 11.5. The van der Waals surface area contributed by atoms with Crippen molar-refractivity contribution >= 4 is 27.6 Å². The van der Waals surface area contributed by atoms with Crippen molar-refractivity contribution in [2.75, 3.05) is 18.4 Å². The van der Waals surface area contributed by atoms with Crippen LogP contribution in [0.5, 0.6) is 0 Å². The highest BCUT2D eigenvalue weighted by Gasteiger charge is 2.11. The van der Waals surface area contributed by atoms with Crippen molar-refractivity contribution in [3.63, 3.8) is 0 Å². The van der Waals surface area contributed by atoms with Crippen molar-refractivity contribution in [2.24, 2.45) is 0 Å². The van der Waals surface area contributed by atoms with Gasteiger partial charge in [-0.1, -0.05) is 0 Å². The van der Waals surface area contributed by atoms with Gasteiger partial charge in [0, 0.05) is 17.6 Å². The van der Waals surface area contributed by atoms with Gasteiger partial charge in [-0.3, -0.25) is 0 Å². The molecule has 2 amide bonds. The molecule has 0 aliphatic heterocycles. The topological polar surface area (TPSA) is 56.1 Å². The quantitative estimate of drug-likeness (QED) is 0.931. The van der Waals surface area contributed by atoms with Gasteiger partial charge in [-0.2, -0.15) is 5.26 Å². The van der Waals surface area contributed by atoms with E-state index in [-0.39, 0.29) is 6.03 Å². The molecule has 0 atom stereocenters. The van der Waals surface area contributed by atoms with Crippen LogP contribution in [0.3, 0.4) is 0 Å². The van der Waals surface area contributed by atoms with Crippen LogP contribution in [0.2, 0.25) is 0 Å². The third kappa shape index (κ3) is 3.46. The molecule has 4 nitrogen and oxygen atoms in total. The van der Waals surface area contributed by atoms with Crippen LogP contribution < -0.4 is 5.32 Å². The molecule has 0 spiro atoms. The van der Waals surface area contributed by atoms with Gasteiger partial charge >= 0.3 is 6.03 Å². The monoisotopic (exact) mass is 295 g/mol. The third-order valence-electron chi connectivity index (χ3n) is 2.39. The van der Waals surface area contributed by atoms with Crippen molar-refractivity contribution < 1.29 is 4.79 Å². The number of hydrogen-bond donors (Lipinski definition) is 1. The van der Waals surface area contributed by atoms with Crippen LogP contribution in [0, 0.1) is 11.3 Å². The highest BCUT2D eigenvalue weighted by molar-refractivity contribution is 9.10. The summed E-state index contributed by atoms with van der Waals surface area (Å²) >= 11 is 3.33. The Morgan fingerprint density at radius 1 is 1.47 bits per heavy atom. The van der Waals surface area contributed by atoms with E-state index in [0.717, 1.165) is 0 Å². The Labute approximate surface area is 109 Å². The Morgan fingerprint density at radius 2 is 2.12 bits per heavy atom. The second-order valence-corrected chi connectivity index (χ2v) is 4.26. The van der Waals surface area contributed by atoms with Crippen LogP contribution >= 0.6 is 15.9 Å². The van der Waals surface area contributed by atoms with E-state index >= 15 is 0 Å². The fourth-order valence-corrected chi connectivity index (χ4v) is 1.87. The summed E-state index contributed by atoms with van der Waals surface area (Å²) in [5.74, 6) is 0. The van der Waals surface area contributed by atoms with E-state index < -0.39 is 0 Å². The second-order valence-electron chi connectivity index (χ2n) is 3.41. The number of carbonyl (C=O) groups excluding carboxylic acids is 1. The van der Waals surface area contributed by atoms with Crippen molar-refractivity contribution in [3.05, 3.63) is 28.2 Å². The molecule has 0 heterocycles. The van der Waals surface area contributed by atoms with E-state index in [0.29, 0.717) is 28.8 Å². The van der Waals surface area contributed by atoms with Crippen molar-refractivity contribution in [1.29, 1.82) is 5.26 Å². The zero-order chi connectivity index (χ0) is 12.8. The molecule has 0 aromatic heterocycles. The average molecular weight is 296 g/mol. The molecule has 0 saturated heterocycles. The molecule has 0 radical (unpaired) electrons. The number of carbonyl (C=O) groups is 1. The molecule has 0 fully saturated rings. The fourth-order valence-electron chi connectivity index (χ4n) is 1.39. The van der Waals surface area contributed by atoms with Crippen molar-refractivity contribution in [1.82, 2.24) is 4.90 Å². The van der Waals surface area contributed by atoms with E-state index in [1.165, 1.54) is 0 Å². The van der Waals surface area contributed by atoms with Gasteiger partial charge in [-0.15, -0.1) is 0 Å². The van der Waals surface area contributed by atoms with Gasteiger partial charge in [0.15, 0.2) is 0 Å². The van der Waals surface area contributed by atoms with Gasteiger partial charge in [-0.25, -0.2) is 4.79 Å². The molecule has 0 bridgehead atoms. The summed E-state index contributed by atoms with van der Waals surface area (Å²) in [5.41, 5.74) is 1.22. The molecule has 1 aromatic carbocycles. The first-order chi connectivity index (χ1) is 8.12. The largest absolute Gasteiger partial charge is 0.325 e. The van der Waals surface area contributed by atoms with Crippen LogP contribution in [0.1, 0.15) is 19.4 Å². The Morgan fingerprint density at radius 3 is 2.59 bits per heavy atom. The zero-order valence-corrected chi connectivity index (χ0v) is 11.4. The predicted octanol–water partition coefficient (Wildman–Crippen LogP) is 3.19. The summed E-state index contributed by atoms with van der Waals surface area (Å²) in [6, 6.07) is 6.96. The van der Waals surface area contributed by atoms with Crippen LogP contribution in [0.15, 0.2) is 22.7 Å². The highest BCUT2D eigenvalue weighted by Crippen LogP contribution is 2.23. The maximum Gasteiger partial charge on any atom is 0.321 e. The number of amides is 2. The number of benzene rings is 1. The number of halogens is 1. The Kier molecular flexibility index (Phi) is 4.98. The standard InChI is InChI=1S/C12H14BrN3O/c1-3-16(4-2)12(17)15-11-6-5-9(8-14)7-10(11)13/h5-7H,3-4H2,1-2H3,(H,15,17). The van der Waals surface area contributed by atoms with Gasteiger partial charge in [0.2, 0.25) is 0 Å². The second kappa shape index (κ2) is 6.26. The SMILES string of the molecule is CCN(CC)C(=O)Nc1ccc(C#N)cc1Br. The Balaban J connectivity index is 2.82. The number of urea groups is 1. The highest BCUT2D eigenvalue weighted by atomic mass is 79.9. The van der Waals surface area contributed by atoms with Crippen LogP contribution in [0.25, 0.3) is 0 Å². The Hall–Kier alpha value is -1.54. The molecule has 90 valence electrons. The molecule has 1 N–H and O–H groups in total. The fraction of sp³-hybridized carbons (Fsp3) is 0.333. The average Bonchev–Trinajstić information content (AvgIpc) is 2.33. The third-order valence-corrected chi connectivity index (χ3v) is 3.05. The lowest BCUT2D eigenvalue weighted by atomic mass is 10.2. The lowest BCUT2D eigenvalue weighted by molar-refractivity contribution is 0.217. The smallest absolute Gasteiger partial charge is 0.321 e. The normalized spacial score (nSPS) is 9.53. The predicted molar refractivity (Wildman–Crippen MR) is 70.8 cm³/mol. The van der Waals surface area contributed by atoms with E-state index in [1.54, 1.807) is 23.1 Å². The summed E-state index contributed by atoms with van der Waals surface area (Å²) < 4.78 is 0.706. The molecular formula is C12H14BrN3O. The molecule has 0 unspecified atom stereocenters. The van der Waals surface area contributed by atoms with E-state index in [4.69, 9.17) is 5.26 Å². The number of hydrogen-bond acceptors (Lipinski definition) is 2. The first-order valence-electron chi connectivity index (χ1n) is 5.38. The molecule has 0 aliphatic carbocycles. The van der Waals surface area contributed by atoms with Gasteiger partial charge in [0.25, 0.3) is 0 Å². The van der Waals surface area contributed by atoms with Crippen LogP contribution in [-0.2, 0) is 0 Å². The lowest BCUT2D eigenvalue weighted by Gasteiger charge is -2.19. The zero-order valence-electron chi connectivity index (χ0n) is 9.83. The molecule has 0 saturated carbocycles. The molecule has 1 aromatic rings. The molecule has 5 heteroatoms. The number of rotatable bonds is 3. The maximum absolute atomic E-state index is 11.8. The first-order valence-corrected chi connectivity index (χ1v) is 6.17. The van der Waals surface area contributed by atoms with Crippen LogP contribution in [0.4, 0.5) is 10.5 Å².